The summed E-state index contributed by atoms with van der Waals surface area (Å²) in [5.41, 5.74) is 4.93. The number of alkyl halides is 2. The number of nitrogens with two attached hydrogens (primary N) is 1. The maximum absolute atomic E-state index is 13.9. The molecule has 0 atom stereocenters. The van der Waals surface area contributed by atoms with Crippen molar-refractivity contribution in [2.45, 2.75) is 33.2 Å². The van der Waals surface area contributed by atoms with E-state index in [1.165, 1.54) is 19.9 Å². The third kappa shape index (κ3) is 3.04. The lowest BCUT2D eigenvalue weighted by Gasteiger charge is -2.23. The maximum atomic E-state index is 13.9. The fourth-order valence-corrected chi connectivity index (χ4v) is 1.53. The van der Waals surface area contributed by atoms with E-state index in [9.17, 15) is 13.6 Å². The van der Waals surface area contributed by atoms with E-state index in [4.69, 9.17) is 5.73 Å². The first kappa shape index (κ1) is 16.1. The average Bonchev–Trinajstić information content (AvgIpc) is 2.16. The molecule has 0 saturated heterocycles. The Bertz CT molecular complexity index is 444. The summed E-state index contributed by atoms with van der Waals surface area (Å²) in [6.45, 7) is 4.21. The fourth-order valence-electron chi connectivity index (χ4n) is 1.53. The van der Waals surface area contributed by atoms with E-state index in [1.54, 1.807) is 6.92 Å². The summed E-state index contributed by atoms with van der Waals surface area (Å²) >= 11 is 0. The number of halogens is 3. The van der Waals surface area contributed by atoms with E-state index in [0.717, 1.165) is 0 Å². The van der Waals surface area contributed by atoms with Crippen LogP contribution >= 0.6 is 12.4 Å². The summed E-state index contributed by atoms with van der Waals surface area (Å²) in [7, 11) is 0. The molecule has 0 unspecified atom stereocenters. The molecule has 17 heavy (non-hydrogen) atoms. The second kappa shape index (κ2) is 5.60. The quantitative estimate of drug-likeness (QED) is 0.882. The zero-order valence-electron chi connectivity index (χ0n) is 10.0. The van der Waals surface area contributed by atoms with Crippen LogP contribution in [0.4, 0.5) is 8.78 Å². The Morgan fingerprint density at radius 3 is 2.41 bits per heavy atom. The summed E-state index contributed by atoms with van der Waals surface area (Å²) in [6.07, 6.45) is 0. The van der Waals surface area contributed by atoms with E-state index in [0.29, 0.717) is 5.69 Å². The number of H-pyrrole nitrogens is 1. The van der Waals surface area contributed by atoms with Gasteiger partial charge in [-0.1, -0.05) is 13.8 Å². The van der Waals surface area contributed by atoms with Crippen LogP contribution in [0.25, 0.3) is 0 Å². The van der Waals surface area contributed by atoms with Gasteiger partial charge in [-0.2, -0.15) is 0 Å². The maximum Gasteiger partial charge on any atom is 0.276 e. The van der Waals surface area contributed by atoms with Crippen LogP contribution < -0.4 is 11.3 Å². The summed E-state index contributed by atoms with van der Waals surface area (Å²) in [6, 6.07) is 1.30. The van der Waals surface area contributed by atoms with Gasteiger partial charge in [0, 0.05) is 29.3 Å². The number of nitrogens with one attached hydrogen (secondary N) is 1. The Morgan fingerprint density at radius 2 is 2.00 bits per heavy atom. The second-order valence-electron chi connectivity index (χ2n) is 4.16. The van der Waals surface area contributed by atoms with Crippen molar-refractivity contribution in [2.75, 3.05) is 0 Å². The van der Waals surface area contributed by atoms with Gasteiger partial charge in [-0.15, -0.1) is 12.4 Å². The van der Waals surface area contributed by atoms with Gasteiger partial charge in [0.2, 0.25) is 0 Å². The molecular formula is C11H17ClF2N2O. The molecule has 0 spiro atoms. The van der Waals surface area contributed by atoms with Crippen molar-refractivity contribution in [3.05, 3.63) is 33.2 Å². The number of pyridine rings is 1. The van der Waals surface area contributed by atoms with Crippen LogP contribution in [0.1, 0.15) is 30.7 Å². The molecule has 0 bridgehead atoms. The zero-order chi connectivity index (χ0) is 12.5. The first-order valence-electron chi connectivity index (χ1n) is 5.11. The lowest BCUT2D eigenvalue weighted by molar-refractivity contribution is -0.0523. The molecule has 0 aromatic carbocycles. The van der Waals surface area contributed by atoms with Gasteiger partial charge in [0.25, 0.3) is 11.5 Å². The highest BCUT2D eigenvalue weighted by molar-refractivity contribution is 5.85. The minimum Gasteiger partial charge on any atom is -0.326 e. The molecule has 3 N–H and O–H groups in total. The molecule has 0 aliphatic rings. The number of hydrogen-bond acceptors (Lipinski definition) is 2. The minimum atomic E-state index is -3.03. The highest BCUT2D eigenvalue weighted by atomic mass is 35.5. The van der Waals surface area contributed by atoms with Crippen LogP contribution in [-0.2, 0) is 12.5 Å². The second-order valence-corrected chi connectivity index (χ2v) is 4.16. The van der Waals surface area contributed by atoms with Gasteiger partial charge in [-0.25, -0.2) is 8.78 Å². The van der Waals surface area contributed by atoms with Crippen LogP contribution in [0.2, 0.25) is 0 Å². The Morgan fingerprint density at radius 1 is 1.47 bits per heavy atom. The van der Waals surface area contributed by atoms with Crippen LogP contribution in [-0.4, -0.2) is 4.98 Å². The summed E-state index contributed by atoms with van der Waals surface area (Å²) in [5, 5.41) is 0. The van der Waals surface area contributed by atoms with E-state index in [2.05, 4.69) is 4.98 Å². The molecule has 0 aliphatic heterocycles. The molecule has 0 saturated carbocycles. The number of aromatic nitrogens is 1. The van der Waals surface area contributed by atoms with Crippen molar-refractivity contribution in [3.8, 4) is 0 Å². The fraction of sp³-hybridized carbons (Fsp3) is 0.545. The third-order valence-corrected chi connectivity index (χ3v) is 2.56. The van der Waals surface area contributed by atoms with Crippen molar-refractivity contribution in [1.82, 2.24) is 4.98 Å². The Kier molecular flexibility index (Phi) is 5.29. The lowest BCUT2D eigenvalue weighted by Crippen LogP contribution is -2.29. The molecule has 0 fully saturated rings. The molecule has 1 aromatic rings. The largest absolute Gasteiger partial charge is 0.326 e. The molecule has 1 heterocycles. The minimum absolute atomic E-state index is 0. The topological polar surface area (TPSA) is 58.9 Å². The van der Waals surface area contributed by atoms with E-state index in [-0.39, 0.29) is 30.1 Å². The molecule has 1 aromatic heterocycles. The molecule has 98 valence electrons. The highest BCUT2D eigenvalue weighted by Gasteiger charge is 2.38. The van der Waals surface area contributed by atoms with Crippen LogP contribution in [0.5, 0.6) is 0 Å². The smallest absolute Gasteiger partial charge is 0.276 e. The van der Waals surface area contributed by atoms with E-state index >= 15 is 0 Å². The van der Waals surface area contributed by atoms with Crippen LogP contribution in [0, 0.1) is 12.8 Å². The van der Waals surface area contributed by atoms with Crippen molar-refractivity contribution in [3.63, 3.8) is 0 Å². The first-order chi connectivity index (χ1) is 7.30. The average molecular weight is 267 g/mol. The third-order valence-electron chi connectivity index (χ3n) is 2.56. The highest BCUT2D eigenvalue weighted by Crippen LogP contribution is 2.36. The Labute approximate surface area is 105 Å². The summed E-state index contributed by atoms with van der Waals surface area (Å²) < 4.78 is 27.8. The standard InChI is InChI=1S/C11H16F2N2O.ClH/c1-6(2)11(12,13)9-4-7(3)15-10(16)8(9)5-14;/h4,6H,5,14H2,1-3H3,(H,15,16);1H. The molecule has 0 radical (unpaired) electrons. The Balaban J connectivity index is 0.00000256. The predicted octanol–water partition coefficient (Wildman–Crippen LogP) is 2.31. The van der Waals surface area contributed by atoms with Crippen LogP contribution in [0.15, 0.2) is 10.9 Å². The van der Waals surface area contributed by atoms with Gasteiger partial charge in [0.15, 0.2) is 0 Å². The lowest BCUT2D eigenvalue weighted by atomic mass is 9.94. The van der Waals surface area contributed by atoms with Crippen molar-refractivity contribution < 1.29 is 8.78 Å². The SMILES string of the molecule is Cc1cc(C(F)(F)C(C)C)c(CN)c(=O)[nH]1.Cl. The summed E-state index contributed by atoms with van der Waals surface area (Å²) in [4.78, 5) is 14.0. The molecule has 6 heteroatoms. The van der Waals surface area contributed by atoms with Gasteiger partial charge >= 0.3 is 0 Å². The van der Waals surface area contributed by atoms with Gasteiger partial charge in [0.05, 0.1) is 0 Å². The van der Waals surface area contributed by atoms with Crippen molar-refractivity contribution in [2.24, 2.45) is 11.7 Å². The first-order valence-corrected chi connectivity index (χ1v) is 5.11. The molecule has 0 aliphatic carbocycles. The van der Waals surface area contributed by atoms with E-state index in [1.807, 2.05) is 0 Å². The normalized spacial score (nSPS) is 11.5. The molecular weight excluding hydrogens is 250 g/mol. The monoisotopic (exact) mass is 266 g/mol. The van der Waals surface area contributed by atoms with Crippen molar-refractivity contribution in [1.29, 1.82) is 0 Å². The van der Waals surface area contributed by atoms with E-state index < -0.39 is 17.4 Å². The number of rotatable bonds is 3. The number of aromatic amines is 1. The van der Waals surface area contributed by atoms with Gasteiger partial charge in [-0.3, -0.25) is 4.79 Å². The van der Waals surface area contributed by atoms with Crippen molar-refractivity contribution >= 4 is 12.4 Å². The van der Waals surface area contributed by atoms with Gasteiger partial charge < -0.3 is 10.7 Å². The van der Waals surface area contributed by atoms with Gasteiger partial charge in [-0.05, 0) is 13.0 Å². The molecule has 3 nitrogen and oxygen atoms in total. The summed E-state index contributed by atoms with van der Waals surface area (Å²) in [5.74, 6) is -3.91. The van der Waals surface area contributed by atoms with Gasteiger partial charge in [0.1, 0.15) is 0 Å². The number of hydrogen-bond donors (Lipinski definition) is 2. The number of aryl methyl sites for hydroxylation is 1. The Hall–Kier alpha value is -0.940. The van der Waals surface area contributed by atoms with Crippen LogP contribution in [0.3, 0.4) is 0 Å². The molecule has 0 amide bonds. The molecule has 1 rings (SSSR count). The predicted molar refractivity (Wildman–Crippen MR) is 65.7 cm³/mol. The zero-order valence-corrected chi connectivity index (χ0v) is 10.8.